The van der Waals surface area contributed by atoms with E-state index in [0.717, 1.165) is 22.3 Å². The number of benzene rings is 1. The van der Waals surface area contributed by atoms with Gasteiger partial charge in [-0.2, -0.15) is 0 Å². The molecule has 1 atom stereocenters. The minimum absolute atomic E-state index is 0.236. The summed E-state index contributed by atoms with van der Waals surface area (Å²) < 4.78 is 6.87. The maximum atomic E-state index is 5.88. The molecular formula is C15H18BrN3O. The van der Waals surface area contributed by atoms with Crippen LogP contribution in [0, 0.1) is 0 Å². The smallest absolute Gasteiger partial charge is 0.166 e. The Bertz CT molecular complexity index is 548. The first-order chi connectivity index (χ1) is 9.70. The van der Waals surface area contributed by atoms with Crippen molar-refractivity contribution in [3.05, 3.63) is 52.5 Å². The highest BCUT2D eigenvalue weighted by Crippen LogP contribution is 2.29. The molecule has 1 heterocycles. The van der Waals surface area contributed by atoms with E-state index < -0.39 is 0 Å². The van der Waals surface area contributed by atoms with E-state index in [2.05, 4.69) is 51.1 Å². The molecule has 0 bridgehead atoms. The third kappa shape index (κ3) is 4.02. The van der Waals surface area contributed by atoms with Crippen LogP contribution in [-0.4, -0.2) is 16.5 Å². The number of nitrogens with zero attached hydrogens (tertiary/aromatic N) is 2. The minimum atomic E-state index is 0.236. The van der Waals surface area contributed by atoms with Crippen molar-refractivity contribution in [2.45, 2.75) is 26.5 Å². The summed E-state index contributed by atoms with van der Waals surface area (Å²) in [5.74, 6) is 1.52. The topological polar surface area (TPSA) is 47.0 Å². The summed E-state index contributed by atoms with van der Waals surface area (Å²) in [5.41, 5.74) is 1.13. The highest BCUT2D eigenvalue weighted by molar-refractivity contribution is 9.10. The lowest BCUT2D eigenvalue weighted by molar-refractivity contribution is 0.289. The van der Waals surface area contributed by atoms with Gasteiger partial charge in [-0.15, -0.1) is 0 Å². The van der Waals surface area contributed by atoms with Gasteiger partial charge in [0.1, 0.15) is 12.4 Å². The molecule has 2 rings (SSSR count). The zero-order chi connectivity index (χ0) is 14.4. The molecule has 0 fully saturated rings. The summed E-state index contributed by atoms with van der Waals surface area (Å²) in [7, 11) is 0. The van der Waals surface area contributed by atoms with Crippen LogP contribution in [0.2, 0.25) is 0 Å². The standard InChI is InChI=1S/C15H18BrN3O/c1-3-17-11(2)13-6-5-12(16)9-14(13)20-10-15-18-7-4-8-19-15/h4-9,11,17H,3,10H2,1-2H3. The molecule has 0 amide bonds. The second-order valence-electron chi connectivity index (χ2n) is 4.42. The molecule has 0 radical (unpaired) electrons. The number of ether oxygens (including phenoxy) is 1. The third-order valence-corrected chi connectivity index (χ3v) is 3.42. The van der Waals surface area contributed by atoms with Gasteiger partial charge >= 0.3 is 0 Å². The molecule has 1 aromatic carbocycles. The fourth-order valence-corrected chi connectivity index (χ4v) is 2.29. The summed E-state index contributed by atoms with van der Waals surface area (Å²) >= 11 is 3.48. The van der Waals surface area contributed by atoms with Crippen LogP contribution in [-0.2, 0) is 6.61 Å². The molecule has 1 aromatic heterocycles. The van der Waals surface area contributed by atoms with Gasteiger partial charge in [-0.3, -0.25) is 0 Å². The summed E-state index contributed by atoms with van der Waals surface area (Å²) in [4.78, 5) is 8.33. The first kappa shape index (κ1) is 14.9. The average Bonchev–Trinajstić information content (AvgIpc) is 2.46. The number of halogens is 1. The first-order valence-electron chi connectivity index (χ1n) is 6.62. The van der Waals surface area contributed by atoms with Crippen molar-refractivity contribution in [1.82, 2.24) is 15.3 Å². The zero-order valence-corrected chi connectivity index (χ0v) is 13.2. The van der Waals surface area contributed by atoms with Gasteiger partial charge in [-0.1, -0.05) is 28.9 Å². The minimum Gasteiger partial charge on any atom is -0.485 e. The monoisotopic (exact) mass is 335 g/mol. The predicted octanol–water partition coefficient (Wildman–Crippen LogP) is 3.49. The molecule has 20 heavy (non-hydrogen) atoms. The molecule has 0 aliphatic rings. The van der Waals surface area contributed by atoms with Crippen LogP contribution in [0.25, 0.3) is 0 Å². The molecule has 1 unspecified atom stereocenters. The van der Waals surface area contributed by atoms with Gasteiger partial charge in [0.25, 0.3) is 0 Å². The van der Waals surface area contributed by atoms with Gasteiger partial charge in [0.2, 0.25) is 0 Å². The second-order valence-corrected chi connectivity index (χ2v) is 5.33. The molecule has 106 valence electrons. The van der Waals surface area contributed by atoms with Crippen LogP contribution in [0.3, 0.4) is 0 Å². The van der Waals surface area contributed by atoms with Crippen LogP contribution < -0.4 is 10.1 Å². The molecule has 0 aliphatic carbocycles. The maximum absolute atomic E-state index is 5.88. The van der Waals surface area contributed by atoms with Crippen molar-refractivity contribution in [3.63, 3.8) is 0 Å². The fourth-order valence-electron chi connectivity index (χ4n) is 1.95. The zero-order valence-electron chi connectivity index (χ0n) is 11.6. The van der Waals surface area contributed by atoms with Crippen LogP contribution in [0.5, 0.6) is 5.75 Å². The van der Waals surface area contributed by atoms with Crippen molar-refractivity contribution in [3.8, 4) is 5.75 Å². The van der Waals surface area contributed by atoms with Crippen LogP contribution >= 0.6 is 15.9 Å². The van der Waals surface area contributed by atoms with Crippen molar-refractivity contribution in [1.29, 1.82) is 0 Å². The molecule has 5 heteroatoms. The Hall–Kier alpha value is -1.46. The Morgan fingerprint density at radius 2 is 2.05 bits per heavy atom. The quantitative estimate of drug-likeness (QED) is 0.877. The van der Waals surface area contributed by atoms with Crippen molar-refractivity contribution in [2.24, 2.45) is 0 Å². The van der Waals surface area contributed by atoms with Gasteiger partial charge in [0, 0.05) is 28.5 Å². The molecule has 1 N–H and O–H groups in total. The van der Waals surface area contributed by atoms with E-state index in [0.29, 0.717) is 12.4 Å². The Morgan fingerprint density at radius 1 is 1.30 bits per heavy atom. The first-order valence-corrected chi connectivity index (χ1v) is 7.41. The molecule has 0 saturated carbocycles. The van der Waals surface area contributed by atoms with E-state index in [4.69, 9.17) is 4.74 Å². The van der Waals surface area contributed by atoms with Crippen molar-refractivity contribution >= 4 is 15.9 Å². The Balaban J connectivity index is 2.15. The van der Waals surface area contributed by atoms with Crippen molar-refractivity contribution in [2.75, 3.05) is 6.54 Å². The largest absolute Gasteiger partial charge is 0.485 e. The van der Waals surface area contributed by atoms with Gasteiger partial charge in [-0.25, -0.2) is 9.97 Å². The fraction of sp³-hybridized carbons (Fsp3) is 0.333. The molecule has 0 saturated heterocycles. The summed E-state index contributed by atoms with van der Waals surface area (Å²) in [6.45, 7) is 5.49. The SMILES string of the molecule is CCNC(C)c1ccc(Br)cc1OCc1ncccn1. The molecular weight excluding hydrogens is 318 g/mol. The summed E-state index contributed by atoms with van der Waals surface area (Å²) in [6.07, 6.45) is 3.43. The summed E-state index contributed by atoms with van der Waals surface area (Å²) in [5, 5.41) is 3.39. The van der Waals surface area contributed by atoms with E-state index in [9.17, 15) is 0 Å². The Labute approximate surface area is 127 Å². The van der Waals surface area contributed by atoms with Gasteiger partial charge in [-0.05, 0) is 31.7 Å². The molecule has 2 aromatic rings. The Kier molecular flexibility index (Phi) is 5.49. The highest BCUT2D eigenvalue weighted by atomic mass is 79.9. The number of aromatic nitrogens is 2. The van der Waals surface area contributed by atoms with Gasteiger partial charge in [0.05, 0.1) is 0 Å². The summed E-state index contributed by atoms with van der Waals surface area (Å²) in [6, 6.07) is 8.10. The van der Waals surface area contributed by atoms with Gasteiger partial charge in [0.15, 0.2) is 5.82 Å². The van der Waals surface area contributed by atoms with E-state index in [1.54, 1.807) is 18.5 Å². The number of hydrogen-bond donors (Lipinski definition) is 1. The molecule has 0 spiro atoms. The van der Waals surface area contributed by atoms with Crippen LogP contribution in [0.4, 0.5) is 0 Å². The molecule has 0 aliphatic heterocycles. The normalized spacial score (nSPS) is 12.2. The lowest BCUT2D eigenvalue weighted by Crippen LogP contribution is -2.18. The predicted molar refractivity (Wildman–Crippen MR) is 82.6 cm³/mol. The van der Waals surface area contributed by atoms with Crippen LogP contribution in [0.15, 0.2) is 41.1 Å². The van der Waals surface area contributed by atoms with Crippen molar-refractivity contribution < 1.29 is 4.74 Å². The number of hydrogen-bond acceptors (Lipinski definition) is 4. The lowest BCUT2D eigenvalue weighted by Gasteiger charge is -2.17. The lowest BCUT2D eigenvalue weighted by atomic mass is 10.1. The number of rotatable bonds is 6. The van der Waals surface area contributed by atoms with Gasteiger partial charge < -0.3 is 10.1 Å². The van der Waals surface area contributed by atoms with E-state index in [1.807, 2.05) is 12.1 Å². The third-order valence-electron chi connectivity index (χ3n) is 2.93. The highest BCUT2D eigenvalue weighted by Gasteiger charge is 2.12. The van der Waals surface area contributed by atoms with E-state index in [-0.39, 0.29) is 6.04 Å². The van der Waals surface area contributed by atoms with E-state index in [1.165, 1.54) is 0 Å². The number of nitrogens with one attached hydrogen (secondary N) is 1. The molecule has 4 nitrogen and oxygen atoms in total. The average molecular weight is 336 g/mol. The maximum Gasteiger partial charge on any atom is 0.166 e. The second kappa shape index (κ2) is 7.36. The Morgan fingerprint density at radius 3 is 2.75 bits per heavy atom. The van der Waals surface area contributed by atoms with Crippen LogP contribution in [0.1, 0.15) is 31.3 Å². The van der Waals surface area contributed by atoms with E-state index >= 15 is 0 Å².